The minimum atomic E-state index is -0.290. The molecule has 0 aliphatic carbocycles. The minimum absolute atomic E-state index is 0.267. The summed E-state index contributed by atoms with van der Waals surface area (Å²) in [5.41, 5.74) is 5.39. The first kappa shape index (κ1) is 11.5. The van der Waals surface area contributed by atoms with Crippen LogP contribution in [-0.4, -0.2) is 21.7 Å². The monoisotopic (exact) mass is 236 g/mol. The molecule has 1 heterocycles. The summed E-state index contributed by atoms with van der Waals surface area (Å²) in [6.45, 7) is 0.777. The van der Waals surface area contributed by atoms with E-state index in [1.807, 2.05) is 0 Å². The van der Waals surface area contributed by atoms with E-state index in [1.165, 1.54) is 12.1 Å². The highest BCUT2D eigenvalue weighted by molar-refractivity contribution is 5.22. The number of aromatic amines is 1. The average Bonchev–Trinajstić information content (AvgIpc) is 2.77. The second kappa shape index (κ2) is 5.40. The molecule has 2 rings (SSSR count). The summed E-state index contributed by atoms with van der Waals surface area (Å²) in [5.74, 6) is 1.59. The molecule has 0 spiro atoms. The molecule has 2 aromatic rings. The van der Waals surface area contributed by atoms with Crippen molar-refractivity contribution in [2.24, 2.45) is 5.73 Å². The van der Waals surface area contributed by atoms with Crippen molar-refractivity contribution in [3.05, 3.63) is 41.7 Å². The van der Waals surface area contributed by atoms with Gasteiger partial charge in [-0.1, -0.05) is 0 Å². The summed E-state index contributed by atoms with van der Waals surface area (Å²) in [4.78, 5) is 4.19. The van der Waals surface area contributed by atoms with Crippen LogP contribution in [0, 0.1) is 5.82 Å². The second-order valence-electron chi connectivity index (χ2n) is 3.48. The van der Waals surface area contributed by atoms with Crippen LogP contribution in [-0.2, 0) is 13.0 Å². The van der Waals surface area contributed by atoms with Gasteiger partial charge in [0.05, 0.1) is 0 Å². The lowest BCUT2D eigenvalue weighted by Crippen LogP contribution is -2.04. The fraction of sp³-hybridized carbons (Fsp3) is 0.273. The van der Waals surface area contributed by atoms with Crippen molar-refractivity contribution in [1.29, 1.82) is 0 Å². The molecule has 90 valence electrons. The van der Waals surface area contributed by atoms with Gasteiger partial charge >= 0.3 is 0 Å². The Hall–Kier alpha value is -1.95. The van der Waals surface area contributed by atoms with Crippen LogP contribution in [0.5, 0.6) is 5.75 Å². The summed E-state index contributed by atoms with van der Waals surface area (Å²) in [6.07, 6.45) is 0.632. The molecule has 3 N–H and O–H groups in total. The van der Waals surface area contributed by atoms with Gasteiger partial charge in [0, 0.05) is 6.42 Å². The van der Waals surface area contributed by atoms with E-state index >= 15 is 0 Å². The van der Waals surface area contributed by atoms with Crippen LogP contribution in [0.3, 0.4) is 0 Å². The molecule has 0 atom stereocenters. The number of ether oxygens (including phenoxy) is 1. The van der Waals surface area contributed by atoms with Crippen molar-refractivity contribution in [1.82, 2.24) is 15.2 Å². The number of H-pyrrole nitrogens is 1. The van der Waals surface area contributed by atoms with Crippen molar-refractivity contribution in [3.63, 3.8) is 0 Å². The molecule has 0 aliphatic rings. The molecular weight excluding hydrogens is 223 g/mol. The highest BCUT2D eigenvalue weighted by Gasteiger charge is 2.03. The van der Waals surface area contributed by atoms with Gasteiger partial charge in [0.15, 0.2) is 11.6 Å². The first-order chi connectivity index (χ1) is 8.28. The minimum Gasteiger partial charge on any atom is -0.486 e. The van der Waals surface area contributed by atoms with E-state index in [0.717, 1.165) is 0 Å². The molecule has 0 radical (unpaired) electrons. The molecule has 0 bridgehead atoms. The lowest BCUT2D eigenvalue weighted by atomic mass is 10.3. The van der Waals surface area contributed by atoms with Gasteiger partial charge in [-0.25, -0.2) is 9.37 Å². The second-order valence-corrected chi connectivity index (χ2v) is 3.48. The molecular formula is C11H13FN4O. The van der Waals surface area contributed by atoms with Crippen molar-refractivity contribution in [2.45, 2.75) is 13.0 Å². The van der Waals surface area contributed by atoms with Gasteiger partial charge in [0.1, 0.15) is 18.2 Å². The molecule has 0 aliphatic heterocycles. The molecule has 0 unspecified atom stereocenters. The molecule has 1 aromatic carbocycles. The average molecular weight is 236 g/mol. The fourth-order valence-corrected chi connectivity index (χ4v) is 1.32. The third-order valence-corrected chi connectivity index (χ3v) is 2.14. The summed E-state index contributed by atoms with van der Waals surface area (Å²) < 4.78 is 18.0. The summed E-state index contributed by atoms with van der Waals surface area (Å²) in [7, 11) is 0. The number of aromatic nitrogens is 3. The number of hydrogen-bond donors (Lipinski definition) is 2. The standard InChI is InChI=1S/C11H13FN4O/c12-8-1-3-9(4-2-8)17-7-11-14-10(5-6-13)15-16-11/h1-4H,5-7,13H2,(H,14,15,16). The predicted octanol–water partition coefficient (Wildman–Crippen LogP) is 1.02. The lowest BCUT2D eigenvalue weighted by Gasteiger charge is -2.02. The van der Waals surface area contributed by atoms with E-state index in [1.54, 1.807) is 12.1 Å². The van der Waals surface area contributed by atoms with Crippen LogP contribution < -0.4 is 10.5 Å². The zero-order valence-corrected chi connectivity index (χ0v) is 9.19. The number of hydrogen-bond acceptors (Lipinski definition) is 4. The molecule has 0 amide bonds. The Bertz CT molecular complexity index is 469. The Morgan fingerprint density at radius 2 is 2.06 bits per heavy atom. The molecule has 17 heavy (non-hydrogen) atoms. The van der Waals surface area contributed by atoms with E-state index in [9.17, 15) is 4.39 Å². The van der Waals surface area contributed by atoms with E-state index in [2.05, 4.69) is 15.2 Å². The summed E-state index contributed by atoms with van der Waals surface area (Å²) in [6, 6.07) is 5.81. The van der Waals surface area contributed by atoms with Gasteiger partial charge in [-0.3, -0.25) is 5.10 Å². The van der Waals surface area contributed by atoms with Crippen LogP contribution in [0.2, 0.25) is 0 Å². The third-order valence-electron chi connectivity index (χ3n) is 2.14. The number of rotatable bonds is 5. The van der Waals surface area contributed by atoms with Gasteiger partial charge in [0.2, 0.25) is 0 Å². The van der Waals surface area contributed by atoms with Crippen molar-refractivity contribution in [2.75, 3.05) is 6.54 Å². The van der Waals surface area contributed by atoms with Crippen molar-refractivity contribution >= 4 is 0 Å². The van der Waals surface area contributed by atoms with Crippen LogP contribution in [0.25, 0.3) is 0 Å². The Labute approximate surface area is 97.8 Å². The predicted molar refractivity (Wildman–Crippen MR) is 59.9 cm³/mol. The van der Waals surface area contributed by atoms with Crippen LogP contribution >= 0.6 is 0 Å². The van der Waals surface area contributed by atoms with Crippen molar-refractivity contribution < 1.29 is 9.13 Å². The summed E-state index contributed by atoms with van der Waals surface area (Å²) in [5, 5.41) is 6.73. The van der Waals surface area contributed by atoms with Crippen LogP contribution in [0.4, 0.5) is 4.39 Å². The molecule has 1 aromatic heterocycles. The molecule has 0 fully saturated rings. The number of nitrogens with two attached hydrogens (primary N) is 1. The highest BCUT2D eigenvalue weighted by atomic mass is 19.1. The van der Waals surface area contributed by atoms with E-state index in [-0.39, 0.29) is 12.4 Å². The largest absolute Gasteiger partial charge is 0.486 e. The number of nitrogens with zero attached hydrogens (tertiary/aromatic N) is 2. The highest BCUT2D eigenvalue weighted by Crippen LogP contribution is 2.12. The van der Waals surface area contributed by atoms with E-state index in [4.69, 9.17) is 10.5 Å². The van der Waals surface area contributed by atoms with Gasteiger partial charge in [0.25, 0.3) is 0 Å². The SMILES string of the molecule is NCCc1n[nH]c(COc2ccc(F)cc2)n1. The number of benzene rings is 1. The van der Waals surface area contributed by atoms with Gasteiger partial charge < -0.3 is 10.5 Å². The third kappa shape index (κ3) is 3.25. The molecule has 0 saturated heterocycles. The van der Waals surface area contributed by atoms with E-state index < -0.39 is 0 Å². The smallest absolute Gasteiger partial charge is 0.162 e. The molecule has 6 heteroatoms. The molecule has 0 saturated carbocycles. The number of halogens is 1. The summed E-state index contributed by atoms with van der Waals surface area (Å²) >= 11 is 0. The maximum atomic E-state index is 12.6. The maximum Gasteiger partial charge on any atom is 0.162 e. The topological polar surface area (TPSA) is 76.8 Å². The first-order valence-corrected chi connectivity index (χ1v) is 5.26. The van der Waals surface area contributed by atoms with Crippen LogP contribution in [0.1, 0.15) is 11.6 Å². The number of nitrogens with one attached hydrogen (secondary N) is 1. The lowest BCUT2D eigenvalue weighted by molar-refractivity contribution is 0.296. The Morgan fingerprint density at radius 1 is 1.29 bits per heavy atom. The molecule has 5 nitrogen and oxygen atoms in total. The van der Waals surface area contributed by atoms with Crippen molar-refractivity contribution in [3.8, 4) is 5.75 Å². The fourth-order valence-electron chi connectivity index (χ4n) is 1.32. The Morgan fingerprint density at radius 3 is 2.76 bits per heavy atom. The normalized spacial score (nSPS) is 10.5. The van der Waals surface area contributed by atoms with Gasteiger partial charge in [-0.2, -0.15) is 5.10 Å². The maximum absolute atomic E-state index is 12.6. The Balaban J connectivity index is 1.90. The zero-order valence-electron chi connectivity index (χ0n) is 9.19. The van der Waals surface area contributed by atoms with E-state index in [0.29, 0.717) is 30.4 Å². The Kier molecular flexibility index (Phi) is 3.66. The van der Waals surface area contributed by atoms with Crippen LogP contribution in [0.15, 0.2) is 24.3 Å². The quantitative estimate of drug-likeness (QED) is 0.812. The zero-order chi connectivity index (χ0) is 12.1. The first-order valence-electron chi connectivity index (χ1n) is 5.26. The van der Waals surface area contributed by atoms with Gasteiger partial charge in [-0.15, -0.1) is 0 Å². The van der Waals surface area contributed by atoms with Gasteiger partial charge in [-0.05, 0) is 30.8 Å².